The van der Waals surface area contributed by atoms with Gasteiger partial charge in [0.1, 0.15) is 0 Å². The van der Waals surface area contributed by atoms with Crippen molar-refractivity contribution in [2.45, 2.75) is 0 Å². The van der Waals surface area contributed by atoms with Crippen LogP contribution in [0, 0.1) is 0 Å². The van der Waals surface area contributed by atoms with Gasteiger partial charge in [-0.05, 0) is 167 Å². The minimum absolute atomic E-state index is 0.158. The molecule has 0 radical (unpaired) electrons. The third-order valence-corrected chi connectivity index (χ3v) is 21.9. The maximum absolute atomic E-state index is 8.04. The van der Waals surface area contributed by atoms with Crippen molar-refractivity contribution in [3.63, 3.8) is 0 Å². The first-order chi connectivity index (χ1) is 49.2. The maximum Gasteiger partial charge on any atom is 0.252 e. The van der Waals surface area contributed by atoms with Gasteiger partial charge in [-0.3, -0.25) is 0 Å². The molecular formula is C90H56B3N5O. The summed E-state index contributed by atoms with van der Waals surface area (Å²) in [6.45, 7) is -0.608. The van der Waals surface area contributed by atoms with Crippen LogP contribution in [0.1, 0.15) is 0 Å². The van der Waals surface area contributed by atoms with E-state index >= 15 is 0 Å². The van der Waals surface area contributed by atoms with Gasteiger partial charge in [-0.25, -0.2) is 0 Å². The molecule has 22 rings (SSSR count). The molecule has 6 nitrogen and oxygen atoms in total. The van der Waals surface area contributed by atoms with Gasteiger partial charge in [0, 0.05) is 85.1 Å². The Balaban J connectivity index is 0.888. The molecule has 7 aliphatic rings. The largest absolute Gasteiger partial charge is 0.452 e. The summed E-state index contributed by atoms with van der Waals surface area (Å²) in [6.07, 6.45) is 0. The van der Waals surface area contributed by atoms with Gasteiger partial charge in [-0.15, -0.1) is 0 Å². The molecule has 15 aromatic rings. The summed E-state index contributed by atoms with van der Waals surface area (Å²) in [4.78, 5) is 13.0. The fraction of sp³-hybridized carbons (Fsp3) is 0. The van der Waals surface area contributed by atoms with Gasteiger partial charge in [0.2, 0.25) is 0 Å². The first kappa shape index (κ1) is 54.5. The predicted octanol–water partition coefficient (Wildman–Crippen LogP) is 17.2. The average molecular weight is 1260 g/mol. The number of benzene rings is 15. The van der Waals surface area contributed by atoms with Crippen LogP contribution in [-0.2, 0) is 0 Å². The molecule has 456 valence electrons. The van der Waals surface area contributed by atoms with Crippen LogP contribution in [0.4, 0.5) is 85.3 Å². The summed E-state index contributed by atoms with van der Waals surface area (Å²) in [5, 5.41) is 0. The quantitative estimate of drug-likeness (QED) is 0.141. The van der Waals surface area contributed by atoms with E-state index in [1.807, 2.05) is 0 Å². The smallest absolute Gasteiger partial charge is 0.252 e. The van der Waals surface area contributed by atoms with Crippen LogP contribution in [0.3, 0.4) is 0 Å². The van der Waals surface area contributed by atoms with Crippen molar-refractivity contribution < 1.29 is 4.74 Å². The van der Waals surface area contributed by atoms with Gasteiger partial charge in [0.15, 0.2) is 11.5 Å². The summed E-state index contributed by atoms with van der Waals surface area (Å²) >= 11 is 0. The van der Waals surface area contributed by atoms with E-state index in [2.05, 4.69) is 364 Å². The molecule has 0 bridgehead atoms. The van der Waals surface area contributed by atoms with E-state index in [-0.39, 0.29) is 20.1 Å². The Hall–Kier alpha value is -12.7. The second-order valence-corrected chi connectivity index (χ2v) is 27.0. The molecule has 0 unspecified atom stereocenters. The van der Waals surface area contributed by atoms with Crippen LogP contribution in [0.2, 0.25) is 0 Å². The number of hydrogen-bond donors (Lipinski definition) is 0. The molecule has 0 N–H and O–H groups in total. The van der Waals surface area contributed by atoms with E-state index in [0.717, 1.165) is 102 Å². The first-order valence-electron chi connectivity index (χ1n) is 34.4. The molecule has 7 aliphatic heterocycles. The molecule has 0 saturated heterocycles. The first-order valence-corrected chi connectivity index (χ1v) is 34.4. The summed E-state index contributed by atoms with van der Waals surface area (Å²) < 4.78 is 8.04. The normalized spacial score (nSPS) is 13.8. The minimum Gasteiger partial charge on any atom is -0.452 e. The predicted molar refractivity (Wildman–Crippen MR) is 416 cm³/mol. The van der Waals surface area contributed by atoms with Gasteiger partial charge in [-0.2, -0.15) is 0 Å². The van der Waals surface area contributed by atoms with E-state index in [4.69, 9.17) is 4.74 Å². The lowest BCUT2D eigenvalue weighted by molar-refractivity contribution is 0.481. The highest BCUT2D eigenvalue weighted by atomic mass is 16.5. The van der Waals surface area contributed by atoms with Crippen molar-refractivity contribution in [3.05, 3.63) is 340 Å². The van der Waals surface area contributed by atoms with Gasteiger partial charge >= 0.3 is 0 Å². The Morgan fingerprint density at radius 1 is 0.192 bits per heavy atom. The lowest BCUT2D eigenvalue weighted by Gasteiger charge is -2.53. The maximum atomic E-state index is 8.04. The van der Waals surface area contributed by atoms with Gasteiger partial charge in [0.05, 0.1) is 11.4 Å². The third-order valence-electron chi connectivity index (χ3n) is 21.9. The zero-order valence-corrected chi connectivity index (χ0v) is 53.7. The van der Waals surface area contributed by atoms with Crippen LogP contribution in [0.25, 0.3) is 44.5 Å². The SMILES string of the molecule is c1ccc(-c2ccc3c(c2)N(c2ccccc2)c2cccc4c2B3c2cc3c(cc2N4c2ccccc2)N(c2ccccc2)c2cc4c5c6c2B3c2ccc(-c3ccccc3)c3c2N6c2c(ccc(-c6ccccc6)c2O3)B5c2ccc(-c3ccccc3)cc2N4c2ccccc2)cc1. The molecule has 0 fully saturated rings. The van der Waals surface area contributed by atoms with Crippen LogP contribution in [-0.4, -0.2) is 20.1 Å². The fourth-order valence-corrected chi connectivity index (χ4v) is 17.9. The van der Waals surface area contributed by atoms with Gasteiger partial charge in [0.25, 0.3) is 20.1 Å². The molecule has 0 amide bonds. The van der Waals surface area contributed by atoms with Crippen molar-refractivity contribution in [3.8, 4) is 56.0 Å². The standard InChI is InChI=1S/C90H56B3N5O/c1-9-26-57(27-10-1)61-45-49-70-77(52-61)94(63-34-17-5-18-35-63)75-42-25-43-76-83(75)92(70)73-54-74-80(55-79(73)95(76)64-36-19-6-20-37-64)97(66-40-23-8-24-41-66)82-56-81-84-88-85(82)93(74)72-51-47-68(60-32-15-4-16-33-60)90-87(72)98(88)86-71(50-46-67(89(86)99-90)59-30-13-3-14-31-59)91(84)69-48-44-62(58-28-11-2-12-29-58)53-78(69)96(81)65-38-21-7-22-39-65/h1-56H. The molecule has 15 aromatic carbocycles. The summed E-state index contributed by atoms with van der Waals surface area (Å²) in [7, 11) is 0. The fourth-order valence-electron chi connectivity index (χ4n) is 17.9. The highest BCUT2D eigenvalue weighted by Crippen LogP contribution is 2.60. The molecule has 0 atom stereocenters. The summed E-state index contributed by atoms with van der Waals surface area (Å²) in [5.41, 5.74) is 37.3. The number of hydrogen-bond acceptors (Lipinski definition) is 6. The van der Waals surface area contributed by atoms with Crippen molar-refractivity contribution in [1.82, 2.24) is 0 Å². The Morgan fingerprint density at radius 2 is 0.515 bits per heavy atom. The topological polar surface area (TPSA) is 25.4 Å². The molecule has 99 heavy (non-hydrogen) atoms. The lowest BCUT2D eigenvalue weighted by Crippen LogP contribution is -2.69. The Morgan fingerprint density at radius 3 is 0.919 bits per heavy atom. The Labute approximate surface area is 576 Å². The second kappa shape index (κ2) is 20.9. The number of fused-ring (bicyclic) bond motifs is 10. The van der Waals surface area contributed by atoms with E-state index < -0.39 is 0 Å². The molecule has 0 aliphatic carbocycles. The number of para-hydroxylation sites is 4. The highest BCUT2D eigenvalue weighted by molar-refractivity contribution is 7.06. The molecule has 0 saturated carbocycles. The summed E-state index contributed by atoms with van der Waals surface area (Å²) in [6, 6.07) is 127. The highest BCUT2D eigenvalue weighted by Gasteiger charge is 2.56. The molecule has 0 aromatic heterocycles. The monoisotopic (exact) mass is 1260 g/mol. The van der Waals surface area contributed by atoms with Crippen molar-refractivity contribution >= 4 is 155 Å². The van der Waals surface area contributed by atoms with Crippen molar-refractivity contribution in [1.29, 1.82) is 0 Å². The van der Waals surface area contributed by atoms with Crippen molar-refractivity contribution in [2.75, 3.05) is 24.5 Å². The molecular weight excluding hydrogens is 1200 g/mol. The zero-order valence-electron chi connectivity index (χ0n) is 53.7. The van der Waals surface area contributed by atoms with Crippen LogP contribution < -0.4 is 78.4 Å². The Bertz CT molecular complexity index is 5870. The molecule has 7 heterocycles. The molecule has 9 heteroatoms. The van der Waals surface area contributed by atoms with Gasteiger partial charge in [-0.1, -0.05) is 255 Å². The van der Waals surface area contributed by atoms with Crippen LogP contribution >= 0.6 is 0 Å². The number of ether oxygens (including phenoxy) is 1. The second-order valence-electron chi connectivity index (χ2n) is 27.0. The van der Waals surface area contributed by atoms with Crippen LogP contribution in [0.5, 0.6) is 11.5 Å². The van der Waals surface area contributed by atoms with E-state index in [1.165, 1.54) is 88.5 Å². The number of anilines is 15. The van der Waals surface area contributed by atoms with E-state index in [9.17, 15) is 0 Å². The summed E-state index contributed by atoms with van der Waals surface area (Å²) in [5.74, 6) is 1.73. The number of nitrogens with zero attached hydrogens (tertiary/aromatic N) is 5. The third kappa shape index (κ3) is 7.70. The van der Waals surface area contributed by atoms with Gasteiger partial charge < -0.3 is 29.2 Å². The van der Waals surface area contributed by atoms with Crippen molar-refractivity contribution in [2.24, 2.45) is 0 Å². The lowest BCUT2D eigenvalue weighted by atomic mass is 9.27. The molecule has 0 spiro atoms. The zero-order chi connectivity index (χ0) is 64.6. The van der Waals surface area contributed by atoms with E-state index in [1.54, 1.807) is 0 Å². The van der Waals surface area contributed by atoms with E-state index in [0.29, 0.717) is 0 Å². The Kier molecular flexibility index (Phi) is 11.5. The average Bonchev–Trinajstić information content (AvgIpc) is 0.658. The number of rotatable bonds is 8. The van der Waals surface area contributed by atoms with Crippen LogP contribution in [0.15, 0.2) is 340 Å². The minimum atomic E-state index is -0.266.